The van der Waals surface area contributed by atoms with Crippen molar-refractivity contribution in [3.05, 3.63) is 80.7 Å². The van der Waals surface area contributed by atoms with E-state index in [1.165, 1.54) is 36.4 Å². The van der Waals surface area contributed by atoms with Gasteiger partial charge in [-0.15, -0.1) is 0 Å². The fourth-order valence-electron chi connectivity index (χ4n) is 5.93. The Morgan fingerprint density at radius 1 is 1.20 bits per heavy atom. The molecule has 2 aliphatic rings. The average Bonchev–Trinajstić information content (AvgIpc) is 3.17. The summed E-state index contributed by atoms with van der Waals surface area (Å²) in [6.45, 7) is 5.25. The van der Waals surface area contributed by atoms with Crippen molar-refractivity contribution in [2.75, 3.05) is 11.5 Å². The maximum absolute atomic E-state index is 13.7. The highest BCUT2D eigenvalue weighted by atomic mass is 19.1. The molecule has 3 N–H and O–H groups in total. The van der Waals surface area contributed by atoms with E-state index in [0.717, 1.165) is 16.0 Å². The number of amides is 2. The van der Waals surface area contributed by atoms with Gasteiger partial charge in [0.25, 0.3) is 5.69 Å². The molecule has 0 aromatic heterocycles. The number of nitro groups is 1. The summed E-state index contributed by atoms with van der Waals surface area (Å²) in [5.74, 6) is -4.69. The number of rotatable bonds is 9. The van der Waals surface area contributed by atoms with Crippen LogP contribution in [0.4, 0.5) is 15.8 Å². The number of benzene rings is 2. The number of phenols is 1. The number of hydrogen-bond acceptors (Lipinski definition) is 7. The van der Waals surface area contributed by atoms with Crippen molar-refractivity contribution in [2.45, 2.75) is 46.1 Å². The molecule has 1 saturated heterocycles. The van der Waals surface area contributed by atoms with Crippen LogP contribution in [0.3, 0.4) is 0 Å². The van der Waals surface area contributed by atoms with Crippen LogP contribution in [-0.4, -0.2) is 44.8 Å². The van der Waals surface area contributed by atoms with Crippen molar-refractivity contribution in [2.24, 2.45) is 23.7 Å². The highest BCUT2D eigenvalue weighted by Crippen LogP contribution is 2.49. The van der Waals surface area contributed by atoms with E-state index in [1.54, 1.807) is 12.1 Å². The number of anilines is 1. The zero-order valence-electron chi connectivity index (χ0n) is 22.6. The number of halogens is 1. The van der Waals surface area contributed by atoms with Gasteiger partial charge in [-0.05, 0) is 61.4 Å². The van der Waals surface area contributed by atoms with E-state index in [0.29, 0.717) is 17.6 Å². The van der Waals surface area contributed by atoms with Crippen LogP contribution in [0.5, 0.6) is 5.75 Å². The molecule has 2 aromatic carbocycles. The normalized spacial score (nSPS) is 22.2. The Labute approximate surface area is 231 Å². The lowest BCUT2D eigenvalue weighted by molar-refractivity contribution is -0.384. The average molecular weight is 553 g/mol. The summed E-state index contributed by atoms with van der Waals surface area (Å²) in [6, 6.07) is 9.40. The Morgan fingerprint density at radius 3 is 2.55 bits per heavy atom. The minimum Gasteiger partial charge on any atom is -0.505 e. The predicted octanol–water partition coefficient (Wildman–Crippen LogP) is 4.75. The summed E-state index contributed by atoms with van der Waals surface area (Å²) >= 11 is 0. The van der Waals surface area contributed by atoms with E-state index in [2.05, 4.69) is 0 Å². The quantitative estimate of drug-likeness (QED) is 0.176. The van der Waals surface area contributed by atoms with Crippen molar-refractivity contribution in [3.8, 4) is 5.75 Å². The molecule has 0 bridgehead atoms. The molecule has 1 aliphatic carbocycles. The lowest BCUT2D eigenvalue weighted by Crippen LogP contribution is -2.39. The van der Waals surface area contributed by atoms with Crippen LogP contribution in [-0.2, 0) is 9.59 Å². The number of nitro benzene ring substituents is 1. The number of hydrogen-bond donors (Lipinski definition) is 3. The third-order valence-electron chi connectivity index (χ3n) is 7.87. The maximum Gasteiger partial charge on any atom is 0.271 e. The fourth-order valence-corrected chi connectivity index (χ4v) is 5.93. The first kappa shape index (κ1) is 29.1. The van der Waals surface area contributed by atoms with Gasteiger partial charge in [0.1, 0.15) is 0 Å². The fraction of sp³-hybridized carbons (Fsp3) is 0.400. The molecule has 10 heteroatoms. The third kappa shape index (κ3) is 5.55. The Kier molecular flexibility index (Phi) is 8.51. The third-order valence-corrected chi connectivity index (χ3v) is 7.87. The molecular weight excluding hydrogens is 519 g/mol. The SMILES string of the molecule is C/C(=C\c1ccc(O)c(F)c1)CC[C@@H](O)C1=C(C(C)C)C[C@H]2C(=O)N(c3cccc([N+](=O)[O-])c3)C(=O)[C@H]2[C@H]1CO. The summed E-state index contributed by atoms with van der Waals surface area (Å²) in [5, 5.41) is 42.5. The number of aromatic hydroxyl groups is 1. The molecule has 1 aliphatic heterocycles. The Bertz CT molecular complexity index is 1400. The van der Waals surface area contributed by atoms with Gasteiger partial charge in [-0.25, -0.2) is 9.29 Å². The van der Waals surface area contributed by atoms with E-state index in [-0.39, 0.29) is 30.1 Å². The maximum atomic E-state index is 13.7. The first-order valence-corrected chi connectivity index (χ1v) is 13.2. The zero-order valence-corrected chi connectivity index (χ0v) is 22.6. The van der Waals surface area contributed by atoms with Crippen LogP contribution in [0.25, 0.3) is 6.08 Å². The van der Waals surface area contributed by atoms with Crippen LogP contribution in [0, 0.1) is 39.6 Å². The number of allylic oxidation sites excluding steroid dienone is 2. The lowest BCUT2D eigenvalue weighted by atomic mass is 9.66. The van der Waals surface area contributed by atoms with E-state index in [9.17, 15) is 39.4 Å². The number of non-ortho nitro benzene ring substituents is 1. The highest BCUT2D eigenvalue weighted by Gasteiger charge is 2.55. The predicted molar refractivity (Wildman–Crippen MR) is 147 cm³/mol. The number of carbonyl (C=O) groups is 2. The van der Waals surface area contributed by atoms with Gasteiger partial charge in [-0.1, -0.05) is 43.2 Å². The van der Waals surface area contributed by atoms with Crippen LogP contribution < -0.4 is 4.90 Å². The standard InChI is InChI=1S/C30H33FN2O7/c1-16(2)21-14-22-28(30(38)32(29(22)37)19-5-4-6-20(13-19)33(39)40)23(15-34)27(21)26(36)9-7-17(3)11-18-8-10-25(35)24(31)12-18/h4-6,8,10-13,16,22-23,26,28,34-36H,7,9,14-15H2,1-3H3/b17-11+/t22-,23+,26-,28-/m1/s1. The number of fused-ring (bicyclic) bond motifs is 1. The summed E-state index contributed by atoms with van der Waals surface area (Å²) in [5.41, 5.74) is 2.65. The van der Waals surface area contributed by atoms with Crippen LogP contribution in [0.2, 0.25) is 0 Å². The van der Waals surface area contributed by atoms with Crippen molar-refractivity contribution >= 4 is 29.3 Å². The van der Waals surface area contributed by atoms with Crippen molar-refractivity contribution in [3.63, 3.8) is 0 Å². The smallest absolute Gasteiger partial charge is 0.271 e. The minimum atomic E-state index is -0.995. The van der Waals surface area contributed by atoms with Gasteiger partial charge in [0.15, 0.2) is 11.6 Å². The van der Waals surface area contributed by atoms with Crippen LogP contribution in [0.15, 0.2) is 59.2 Å². The van der Waals surface area contributed by atoms with E-state index in [1.807, 2.05) is 20.8 Å². The zero-order chi connectivity index (χ0) is 29.3. The second kappa shape index (κ2) is 11.7. The van der Waals surface area contributed by atoms with E-state index in [4.69, 9.17) is 0 Å². The second-order valence-electron chi connectivity index (χ2n) is 10.8. The Hall–Kier alpha value is -3.89. The topological polar surface area (TPSA) is 141 Å². The second-order valence-corrected chi connectivity index (χ2v) is 10.8. The molecule has 1 fully saturated rings. The number of carbonyl (C=O) groups excluding carboxylic acids is 2. The van der Waals surface area contributed by atoms with Crippen LogP contribution in [0.1, 0.15) is 45.6 Å². The monoisotopic (exact) mass is 552 g/mol. The number of imide groups is 1. The van der Waals surface area contributed by atoms with Crippen molar-refractivity contribution in [1.82, 2.24) is 0 Å². The molecule has 0 saturated carbocycles. The van der Waals surface area contributed by atoms with Crippen molar-refractivity contribution < 1.29 is 34.2 Å². The Morgan fingerprint density at radius 2 is 1.93 bits per heavy atom. The van der Waals surface area contributed by atoms with Gasteiger partial charge in [0, 0.05) is 18.1 Å². The summed E-state index contributed by atoms with van der Waals surface area (Å²) in [4.78, 5) is 38.8. The number of phenolic OH excluding ortho intramolecular Hbond substituents is 1. The van der Waals surface area contributed by atoms with Gasteiger partial charge in [-0.2, -0.15) is 0 Å². The molecule has 2 amide bonds. The van der Waals surface area contributed by atoms with Gasteiger partial charge in [-0.3, -0.25) is 19.7 Å². The summed E-state index contributed by atoms with van der Waals surface area (Å²) < 4.78 is 13.7. The Balaban J connectivity index is 1.61. The highest BCUT2D eigenvalue weighted by molar-refractivity contribution is 6.22. The summed E-state index contributed by atoms with van der Waals surface area (Å²) in [6.07, 6.45) is 1.72. The number of nitrogens with zero attached hydrogens (tertiary/aromatic N) is 2. The number of aliphatic hydroxyl groups is 2. The van der Waals surface area contributed by atoms with Crippen molar-refractivity contribution in [1.29, 1.82) is 0 Å². The molecule has 1 heterocycles. The van der Waals surface area contributed by atoms with Gasteiger partial charge in [0.2, 0.25) is 11.8 Å². The van der Waals surface area contributed by atoms with Gasteiger partial charge >= 0.3 is 0 Å². The minimum absolute atomic E-state index is 0.0639. The van der Waals surface area contributed by atoms with Gasteiger partial charge in [0.05, 0.1) is 35.2 Å². The lowest BCUT2D eigenvalue weighted by Gasteiger charge is -2.38. The molecule has 0 spiro atoms. The molecule has 212 valence electrons. The van der Waals surface area contributed by atoms with E-state index >= 15 is 0 Å². The molecule has 4 atom stereocenters. The first-order valence-electron chi connectivity index (χ1n) is 13.2. The molecule has 4 rings (SSSR count). The first-order chi connectivity index (χ1) is 18.9. The molecule has 0 unspecified atom stereocenters. The van der Waals surface area contributed by atoms with E-state index < -0.39 is 58.8 Å². The van der Waals surface area contributed by atoms with Crippen LogP contribution >= 0.6 is 0 Å². The van der Waals surface area contributed by atoms with Gasteiger partial charge < -0.3 is 15.3 Å². The molecule has 0 radical (unpaired) electrons. The largest absolute Gasteiger partial charge is 0.505 e. The number of aliphatic hydroxyl groups excluding tert-OH is 2. The molecular formula is C30H33FN2O7. The summed E-state index contributed by atoms with van der Waals surface area (Å²) in [7, 11) is 0. The molecule has 2 aromatic rings. The molecule has 9 nitrogen and oxygen atoms in total. The molecule has 40 heavy (non-hydrogen) atoms.